The molecular formula is C14H19N3O2. The maximum atomic E-state index is 12.0. The van der Waals surface area contributed by atoms with Crippen LogP contribution in [0.2, 0.25) is 0 Å². The van der Waals surface area contributed by atoms with E-state index in [0.29, 0.717) is 18.0 Å². The van der Waals surface area contributed by atoms with E-state index >= 15 is 0 Å². The van der Waals surface area contributed by atoms with Crippen LogP contribution >= 0.6 is 0 Å². The molecule has 1 aliphatic heterocycles. The normalized spacial score (nSPS) is 14.7. The molecule has 5 heteroatoms. The highest BCUT2D eigenvalue weighted by molar-refractivity contribution is 5.96. The van der Waals surface area contributed by atoms with Gasteiger partial charge in [0.1, 0.15) is 5.56 Å². The lowest BCUT2D eigenvalue weighted by molar-refractivity contribution is 0.0950. The van der Waals surface area contributed by atoms with Crippen molar-refractivity contribution in [1.82, 2.24) is 15.6 Å². The Morgan fingerprint density at radius 3 is 3.21 bits per heavy atom. The number of amides is 1. The maximum absolute atomic E-state index is 12.0. The van der Waals surface area contributed by atoms with E-state index < -0.39 is 0 Å². The molecule has 19 heavy (non-hydrogen) atoms. The summed E-state index contributed by atoms with van der Waals surface area (Å²) in [5, 5.41) is 6.17. The van der Waals surface area contributed by atoms with Gasteiger partial charge in [-0.25, -0.2) is 4.98 Å². The molecule has 102 valence electrons. The van der Waals surface area contributed by atoms with Gasteiger partial charge in [-0.15, -0.1) is 0 Å². The third kappa shape index (κ3) is 3.79. The number of aromatic nitrogens is 1. The molecule has 0 aliphatic carbocycles. The monoisotopic (exact) mass is 261 g/mol. The minimum absolute atomic E-state index is 0.139. The van der Waals surface area contributed by atoms with Crippen molar-refractivity contribution in [1.29, 1.82) is 0 Å². The van der Waals surface area contributed by atoms with Gasteiger partial charge in [0.25, 0.3) is 5.91 Å². The number of nitrogens with zero attached hydrogens (tertiary/aromatic N) is 1. The standard InChI is InChI=1S/C14H19N3O2/c1-19-14-12(3-2-7-17-14)13(18)16-10-6-11-4-8-15-9-5-11/h2-4,7,15H,5-6,8-10H2,1H3,(H,16,18). The first-order chi connectivity index (χ1) is 9.31. The number of carbonyl (C=O) groups is 1. The van der Waals surface area contributed by atoms with Crippen molar-refractivity contribution in [2.45, 2.75) is 12.8 Å². The Kier molecular flexibility index (Phi) is 4.92. The van der Waals surface area contributed by atoms with Crippen LogP contribution in [-0.4, -0.2) is 37.6 Å². The number of rotatable bonds is 5. The Hall–Kier alpha value is -1.88. The van der Waals surface area contributed by atoms with Crippen molar-refractivity contribution in [3.8, 4) is 5.88 Å². The summed E-state index contributed by atoms with van der Waals surface area (Å²) in [6, 6.07) is 3.44. The molecule has 2 rings (SSSR count). The molecule has 2 N–H and O–H groups in total. The van der Waals surface area contributed by atoms with Crippen LogP contribution in [0.5, 0.6) is 5.88 Å². The molecule has 0 radical (unpaired) electrons. The smallest absolute Gasteiger partial charge is 0.256 e. The van der Waals surface area contributed by atoms with Crippen molar-refractivity contribution in [2.24, 2.45) is 0 Å². The molecule has 0 aromatic carbocycles. The molecule has 1 aromatic heterocycles. The molecule has 0 spiro atoms. The zero-order valence-corrected chi connectivity index (χ0v) is 11.1. The van der Waals surface area contributed by atoms with Gasteiger partial charge in [0, 0.05) is 19.3 Å². The Morgan fingerprint density at radius 2 is 2.47 bits per heavy atom. The molecule has 5 nitrogen and oxygen atoms in total. The van der Waals surface area contributed by atoms with E-state index in [1.165, 1.54) is 12.7 Å². The highest BCUT2D eigenvalue weighted by Crippen LogP contribution is 2.13. The molecule has 0 fully saturated rings. The minimum atomic E-state index is -0.139. The molecule has 2 heterocycles. The largest absolute Gasteiger partial charge is 0.480 e. The van der Waals surface area contributed by atoms with Gasteiger partial charge in [-0.05, 0) is 31.5 Å². The first-order valence-electron chi connectivity index (χ1n) is 6.47. The molecule has 0 saturated carbocycles. The van der Waals surface area contributed by atoms with Crippen LogP contribution in [0, 0.1) is 0 Å². The predicted octanol–water partition coefficient (Wildman–Crippen LogP) is 1.13. The van der Waals surface area contributed by atoms with Gasteiger partial charge in [0.05, 0.1) is 7.11 Å². The van der Waals surface area contributed by atoms with Gasteiger partial charge >= 0.3 is 0 Å². The molecular weight excluding hydrogens is 242 g/mol. The van der Waals surface area contributed by atoms with Crippen molar-refractivity contribution in [3.63, 3.8) is 0 Å². The molecule has 0 bridgehead atoms. The fourth-order valence-corrected chi connectivity index (χ4v) is 2.05. The summed E-state index contributed by atoms with van der Waals surface area (Å²) in [7, 11) is 1.51. The zero-order valence-electron chi connectivity index (χ0n) is 11.1. The topological polar surface area (TPSA) is 63.2 Å². The van der Waals surface area contributed by atoms with Gasteiger partial charge < -0.3 is 15.4 Å². The number of nitrogens with one attached hydrogen (secondary N) is 2. The van der Waals surface area contributed by atoms with E-state index in [2.05, 4.69) is 21.7 Å². The van der Waals surface area contributed by atoms with E-state index in [0.717, 1.165) is 25.9 Å². The lowest BCUT2D eigenvalue weighted by atomic mass is 10.1. The van der Waals surface area contributed by atoms with Crippen molar-refractivity contribution >= 4 is 5.91 Å². The summed E-state index contributed by atoms with van der Waals surface area (Å²) in [6.45, 7) is 2.60. The summed E-state index contributed by atoms with van der Waals surface area (Å²) < 4.78 is 5.07. The van der Waals surface area contributed by atoms with Gasteiger partial charge in [0.15, 0.2) is 0 Å². The molecule has 0 atom stereocenters. The summed E-state index contributed by atoms with van der Waals surface area (Å²) in [5.74, 6) is 0.223. The average Bonchev–Trinajstić information content (AvgIpc) is 2.48. The van der Waals surface area contributed by atoms with Crippen LogP contribution in [-0.2, 0) is 0 Å². The molecule has 1 amide bonds. The summed E-state index contributed by atoms with van der Waals surface area (Å²) in [6.07, 6.45) is 5.76. The summed E-state index contributed by atoms with van der Waals surface area (Å²) >= 11 is 0. The SMILES string of the molecule is COc1ncccc1C(=O)NCCC1=CCNCC1. The fourth-order valence-electron chi connectivity index (χ4n) is 2.05. The van der Waals surface area contributed by atoms with E-state index in [9.17, 15) is 4.79 Å². The highest BCUT2D eigenvalue weighted by Gasteiger charge is 2.12. The number of ether oxygens (including phenoxy) is 1. The third-order valence-electron chi connectivity index (χ3n) is 3.10. The predicted molar refractivity (Wildman–Crippen MR) is 73.3 cm³/mol. The quantitative estimate of drug-likeness (QED) is 0.780. The average molecular weight is 261 g/mol. The minimum Gasteiger partial charge on any atom is -0.480 e. The van der Waals surface area contributed by atoms with Gasteiger partial charge in [-0.2, -0.15) is 0 Å². The fraction of sp³-hybridized carbons (Fsp3) is 0.429. The third-order valence-corrected chi connectivity index (χ3v) is 3.10. The van der Waals surface area contributed by atoms with Gasteiger partial charge in [-0.1, -0.05) is 11.6 Å². The van der Waals surface area contributed by atoms with E-state index in [1.807, 2.05) is 0 Å². The second-order valence-electron chi connectivity index (χ2n) is 4.38. The highest BCUT2D eigenvalue weighted by atomic mass is 16.5. The zero-order chi connectivity index (χ0) is 13.5. The summed E-state index contributed by atoms with van der Waals surface area (Å²) in [4.78, 5) is 16.0. The van der Waals surface area contributed by atoms with Crippen LogP contribution in [0.4, 0.5) is 0 Å². The van der Waals surface area contributed by atoms with Crippen LogP contribution in [0.15, 0.2) is 30.0 Å². The van der Waals surface area contributed by atoms with Crippen molar-refractivity contribution in [2.75, 3.05) is 26.7 Å². The number of hydrogen-bond donors (Lipinski definition) is 2. The van der Waals surface area contributed by atoms with Crippen molar-refractivity contribution in [3.05, 3.63) is 35.5 Å². The molecule has 0 unspecified atom stereocenters. The Bertz CT molecular complexity index is 472. The van der Waals surface area contributed by atoms with E-state index in [1.54, 1.807) is 18.3 Å². The van der Waals surface area contributed by atoms with Gasteiger partial charge in [0.2, 0.25) is 5.88 Å². The second kappa shape index (κ2) is 6.89. The van der Waals surface area contributed by atoms with Crippen LogP contribution in [0.3, 0.4) is 0 Å². The number of methoxy groups -OCH3 is 1. The Labute approximate surface area is 113 Å². The van der Waals surface area contributed by atoms with Gasteiger partial charge in [-0.3, -0.25) is 4.79 Å². The van der Waals surface area contributed by atoms with Crippen LogP contribution in [0.1, 0.15) is 23.2 Å². The molecule has 1 aliphatic rings. The maximum Gasteiger partial charge on any atom is 0.256 e. The molecule has 1 aromatic rings. The lowest BCUT2D eigenvalue weighted by Crippen LogP contribution is -2.27. The Morgan fingerprint density at radius 1 is 1.58 bits per heavy atom. The Balaban J connectivity index is 1.85. The van der Waals surface area contributed by atoms with Crippen molar-refractivity contribution < 1.29 is 9.53 Å². The van der Waals surface area contributed by atoms with Crippen LogP contribution in [0.25, 0.3) is 0 Å². The number of pyridine rings is 1. The lowest BCUT2D eigenvalue weighted by Gasteiger charge is -2.14. The first-order valence-corrected chi connectivity index (χ1v) is 6.47. The summed E-state index contributed by atoms with van der Waals surface area (Å²) in [5.41, 5.74) is 1.88. The first kappa shape index (κ1) is 13.5. The van der Waals surface area contributed by atoms with E-state index in [-0.39, 0.29) is 5.91 Å². The number of hydrogen-bond acceptors (Lipinski definition) is 4. The number of carbonyl (C=O) groups excluding carboxylic acids is 1. The second-order valence-corrected chi connectivity index (χ2v) is 4.38. The van der Waals surface area contributed by atoms with E-state index in [4.69, 9.17) is 4.74 Å². The molecule has 0 saturated heterocycles. The van der Waals surface area contributed by atoms with Crippen LogP contribution < -0.4 is 15.4 Å².